The molecule has 2 N–H and O–H groups in total. The van der Waals surface area contributed by atoms with Crippen LogP contribution in [0.15, 0.2) is 18.2 Å². The predicted octanol–water partition coefficient (Wildman–Crippen LogP) is 2.50. The number of hydrogen-bond donors (Lipinski definition) is 2. The maximum Gasteiger partial charge on any atom is 0.339 e. The molecule has 1 heterocycles. The van der Waals surface area contributed by atoms with Crippen LogP contribution in [-0.2, 0) is 11.3 Å². The normalized spacial score (nSPS) is 13.3. The number of ketones is 1. The molecule has 0 radical (unpaired) electrons. The zero-order valence-corrected chi connectivity index (χ0v) is 16.3. The van der Waals surface area contributed by atoms with Gasteiger partial charge in [0.15, 0.2) is 6.04 Å². The molecule has 1 aromatic carbocycles. The van der Waals surface area contributed by atoms with E-state index in [9.17, 15) is 14.0 Å². The molecule has 0 aliphatic heterocycles. The summed E-state index contributed by atoms with van der Waals surface area (Å²) in [7, 11) is 3.10. The average molecular weight is 382 g/mol. The summed E-state index contributed by atoms with van der Waals surface area (Å²) in [5.74, 6) is -1.04. The maximum atomic E-state index is 14.0. The number of nitrogens with one attached hydrogen (secondary N) is 2. The Morgan fingerprint density at radius 1 is 1.35 bits per heavy atom. The monoisotopic (exact) mass is 381 g/mol. The van der Waals surface area contributed by atoms with Crippen molar-refractivity contribution in [1.82, 2.24) is 4.98 Å². The highest BCUT2D eigenvalue weighted by atomic mass is 35.5. The van der Waals surface area contributed by atoms with Gasteiger partial charge in [-0.05, 0) is 38.5 Å². The van der Waals surface area contributed by atoms with Crippen LogP contribution in [0.4, 0.5) is 4.39 Å². The van der Waals surface area contributed by atoms with Gasteiger partial charge in [0.05, 0.1) is 36.0 Å². The number of aryl methyl sites for hydroxylation is 1. The number of hydrogen-bond acceptors (Lipinski definition) is 3. The molecule has 7 heteroatoms. The van der Waals surface area contributed by atoms with Crippen LogP contribution >= 0.6 is 11.6 Å². The predicted molar refractivity (Wildman–Crippen MR) is 97.4 cm³/mol. The molecule has 2 aromatic rings. The summed E-state index contributed by atoms with van der Waals surface area (Å²) in [6.07, 6.45) is 0. The lowest BCUT2D eigenvalue weighted by atomic mass is 10.0. The Labute approximate surface area is 157 Å². The zero-order valence-electron chi connectivity index (χ0n) is 15.5. The largest absolute Gasteiger partial charge is 0.465 e. The standard InChI is InChI=1S/C19H22ClFN2O3/c1-10-16(19(25)26-5)11(2)22-17(10)18(24)12(3)23(4)9-13-14(20)7-6-8-15(13)21/h6-8,12,22H,9H2,1-5H3/p+1/t12-/m1/s1. The van der Waals surface area contributed by atoms with Gasteiger partial charge in [-0.3, -0.25) is 4.79 Å². The molecule has 0 saturated carbocycles. The lowest BCUT2D eigenvalue weighted by Crippen LogP contribution is -3.12. The van der Waals surface area contributed by atoms with E-state index < -0.39 is 17.8 Å². The Hall–Kier alpha value is -2.18. The van der Waals surface area contributed by atoms with E-state index in [1.54, 1.807) is 40.0 Å². The van der Waals surface area contributed by atoms with Crippen LogP contribution < -0.4 is 4.90 Å². The van der Waals surface area contributed by atoms with Crippen LogP contribution in [-0.4, -0.2) is 36.9 Å². The zero-order chi connectivity index (χ0) is 19.6. The van der Waals surface area contributed by atoms with Gasteiger partial charge >= 0.3 is 5.97 Å². The summed E-state index contributed by atoms with van der Waals surface area (Å²) in [5.41, 5.74) is 2.26. The van der Waals surface area contributed by atoms with Gasteiger partial charge < -0.3 is 14.6 Å². The molecule has 140 valence electrons. The van der Waals surface area contributed by atoms with Gasteiger partial charge in [-0.25, -0.2) is 9.18 Å². The number of rotatable bonds is 6. The Morgan fingerprint density at radius 2 is 2.00 bits per heavy atom. The summed E-state index contributed by atoms with van der Waals surface area (Å²) in [6.45, 7) is 5.45. The highest BCUT2D eigenvalue weighted by molar-refractivity contribution is 6.31. The minimum atomic E-state index is -0.484. The van der Waals surface area contributed by atoms with Crippen molar-refractivity contribution >= 4 is 23.4 Å². The van der Waals surface area contributed by atoms with Crippen molar-refractivity contribution in [2.45, 2.75) is 33.4 Å². The molecule has 0 spiro atoms. The quantitative estimate of drug-likeness (QED) is 0.597. The lowest BCUT2D eigenvalue weighted by molar-refractivity contribution is -0.907. The smallest absolute Gasteiger partial charge is 0.339 e. The third-order valence-electron chi connectivity index (χ3n) is 4.72. The second kappa shape index (κ2) is 8.01. The minimum Gasteiger partial charge on any atom is -0.465 e. The first-order valence-corrected chi connectivity index (χ1v) is 8.63. The Balaban J connectivity index is 2.26. The second-order valence-electron chi connectivity index (χ2n) is 6.43. The highest BCUT2D eigenvalue weighted by Gasteiger charge is 2.30. The first kappa shape index (κ1) is 20.1. The van der Waals surface area contributed by atoms with Crippen molar-refractivity contribution in [3.05, 3.63) is 57.1 Å². The first-order valence-electron chi connectivity index (χ1n) is 8.25. The molecule has 26 heavy (non-hydrogen) atoms. The van der Waals surface area contributed by atoms with Crippen molar-refractivity contribution in [1.29, 1.82) is 0 Å². The summed E-state index contributed by atoms with van der Waals surface area (Å²) >= 11 is 6.08. The lowest BCUT2D eigenvalue weighted by Gasteiger charge is -2.21. The third kappa shape index (κ3) is 3.81. The summed E-state index contributed by atoms with van der Waals surface area (Å²) in [5, 5.41) is 0.337. The van der Waals surface area contributed by atoms with Gasteiger partial charge in [-0.15, -0.1) is 0 Å². The van der Waals surface area contributed by atoms with Crippen LogP contribution in [0.25, 0.3) is 0 Å². The van der Waals surface area contributed by atoms with E-state index in [1.165, 1.54) is 13.2 Å². The van der Waals surface area contributed by atoms with Gasteiger partial charge in [0, 0.05) is 5.69 Å². The Kier molecular flexibility index (Phi) is 6.21. The maximum absolute atomic E-state index is 14.0. The molecular formula is C19H23ClFN2O3+. The summed E-state index contributed by atoms with van der Waals surface area (Å²) in [6, 6.07) is 4.06. The van der Waals surface area contributed by atoms with Crippen molar-refractivity contribution in [2.75, 3.05) is 14.2 Å². The fourth-order valence-electron chi connectivity index (χ4n) is 2.98. The van der Waals surface area contributed by atoms with Crippen molar-refractivity contribution in [3.63, 3.8) is 0 Å². The van der Waals surface area contributed by atoms with E-state index in [0.717, 1.165) is 4.90 Å². The number of esters is 1. The number of methoxy groups -OCH3 is 1. The summed E-state index contributed by atoms with van der Waals surface area (Å²) in [4.78, 5) is 28.6. The number of carbonyl (C=O) groups is 2. The SMILES string of the molecule is COC(=O)c1c(C)[nH]c(C(=O)[C@@H](C)[NH+](C)Cc2c(F)cccc2Cl)c1C. The van der Waals surface area contributed by atoms with E-state index in [1.807, 2.05) is 0 Å². The molecule has 1 aromatic heterocycles. The molecule has 0 amide bonds. The molecule has 2 rings (SSSR count). The topological polar surface area (TPSA) is 63.6 Å². The number of halogens is 2. The van der Waals surface area contributed by atoms with E-state index in [4.69, 9.17) is 16.3 Å². The molecule has 0 aliphatic rings. The van der Waals surface area contributed by atoms with Crippen LogP contribution in [0.1, 0.15) is 44.6 Å². The van der Waals surface area contributed by atoms with E-state index in [-0.39, 0.29) is 12.3 Å². The van der Waals surface area contributed by atoms with Gasteiger partial charge in [0.2, 0.25) is 5.78 Å². The van der Waals surface area contributed by atoms with Crippen LogP contribution in [0.2, 0.25) is 5.02 Å². The average Bonchev–Trinajstić information content (AvgIpc) is 2.90. The fraction of sp³-hybridized carbons (Fsp3) is 0.368. The van der Waals surface area contributed by atoms with Crippen LogP contribution in [0, 0.1) is 19.7 Å². The molecule has 1 unspecified atom stereocenters. The van der Waals surface area contributed by atoms with Gasteiger partial charge in [0.1, 0.15) is 12.4 Å². The molecule has 0 fully saturated rings. The Bertz CT molecular complexity index is 827. The number of aromatic nitrogens is 1. The van der Waals surface area contributed by atoms with E-state index in [0.29, 0.717) is 33.1 Å². The third-order valence-corrected chi connectivity index (χ3v) is 5.08. The molecule has 0 bridgehead atoms. The first-order chi connectivity index (χ1) is 12.2. The van der Waals surface area contributed by atoms with Crippen molar-refractivity contribution < 1.29 is 23.6 Å². The molecule has 0 saturated heterocycles. The number of Topliss-reactive ketones (excluding diaryl/α,β-unsaturated/α-hetero) is 1. The highest BCUT2D eigenvalue weighted by Crippen LogP contribution is 2.20. The number of aromatic amines is 1. The number of quaternary nitrogens is 1. The van der Waals surface area contributed by atoms with Crippen molar-refractivity contribution in [3.8, 4) is 0 Å². The molecule has 2 atom stereocenters. The van der Waals surface area contributed by atoms with E-state index in [2.05, 4.69) is 4.98 Å². The van der Waals surface area contributed by atoms with Gasteiger partial charge in [0.25, 0.3) is 0 Å². The summed E-state index contributed by atoms with van der Waals surface area (Å²) < 4.78 is 18.8. The van der Waals surface area contributed by atoms with Crippen LogP contribution in [0.5, 0.6) is 0 Å². The number of ether oxygens (including phenoxy) is 1. The van der Waals surface area contributed by atoms with Crippen molar-refractivity contribution in [2.24, 2.45) is 0 Å². The number of carbonyl (C=O) groups excluding carboxylic acids is 2. The van der Waals surface area contributed by atoms with Gasteiger partial charge in [-0.2, -0.15) is 0 Å². The fourth-order valence-corrected chi connectivity index (χ4v) is 3.21. The molecule has 0 aliphatic carbocycles. The van der Waals surface area contributed by atoms with Gasteiger partial charge in [-0.1, -0.05) is 17.7 Å². The minimum absolute atomic E-state index is 0.161. The number of benzene rings is 1. The molecular weight excluding hydrogens is 359 g/mol. The number of H-pyrrole nitrogens is 1. The van der Waals surface area contributed by atoms with Crippen LogP contribution in [0.3, 0.4) is 0 Å². The number of likely N-dealkylation sites (N-methyl/N-ethyl adjacent to an activating group) is 1. The van der Waals surface area contributed by atoms with E-state index >= 15 is 0 Å². The second-order valence-corrected chi connectivity index (χ2v) is 6.83. The Morgan fingerprint density at radius 3 is 2.58 bits per heavy atom. The molecule has 5 nitrogen and oxygen atoms in total.